The van der Waals surface area contributed by atoms with Gasteiger partial charge in [0.15, 0.2) is 6.29 Å². The van der Waals surface area contributed by atoms with Crippen molar-refractivity contribution >= 4 is 11.9 Å². The molecule has 1 aliphatic rings. The van der Waals surface area contributed by atoms with E-state index < -0.39 is 49.5 Å². The number of hydrogen-bond acceptors (Lipinski definition) is 10. The third kappa shape index (κ3) is 45.2. The van der Waals surface area contributed by atoms with Crippen molar-refractivity contribution in [3.8, 4) is 0 Å². The summed E-state index contributed by atoms with van der Waals surface area (Å²) in [5, 5.41) is 54.4. The maximum Gasteiger partial charge on any atom is 0.305 e. The predicted molar refractivity (Wildman–Crippen MR) is 320 cm³/mol. The summed E-state index contributed by atoms with van der Waals surface area (Å²) in [5.74, 6) is -0.190. The predicted octanol–water partition coefficient (Wildman–Crippen LogP) is 15.8. The van der Waals surface area contributed by atoms with Gasteiger partial charge in [-0.2, -0.15) is 0 Å². The number of carbonyl (C=O) groups excluding carboxylic acids is 2. The Morgan fingerprint density at radius 1 is 0.468 bits per heavy atom. The Morgan fingerprint density at radius 2 is 0.844 bits per heavy atom. The number of allylic oxidation sites excluding steroid dienone is 5. The first-order chi connectivity index (χ1) is 37.7. The van der Waals surface area contributed by atoms with Gasteiger partial charge in [-0.15, -0.1) is 0 Å². The molecule has 6 N–H and O–H groups in total. The molecule has 11 heteroatoms. The molecule has 1 amide bonds. The molecule has 452 valence electrons. The smallest absolute Gasteiger partial charge is 0.305 e. The number of carbonyl (C=O) groups is 2. The van der Waals surface area contributed by atoms with Crippen molar-refractivity contribution < 1.29 is 49.3 Å². The van der Waals surface area contributed by atoms with Crippen molar-refractivity contribution in [2.24, 2.45) is 0 Å². The molecular weight excluding hydrogens is 967 g/mol. The summed E-state index contributed by atoms with van der Waals surface area (Å²) in [4.78, 5) is 25.1. The third-order valence-corrected chi connectivity index (χ3v) is 15.5. The van der Waals surface area contributed by atoms with Crippen molar-refractivity contribution in [2.45, 2.75) is 352 Å². The van der Waals surface area contributed by atoms with Crippen LogP contribution in [-0.4, -0.2) is 100 Å². The summed E-state index contributed by atoms with van der Waals surface area (Å²) < 4.78 is 16.7. The lowest BCUT2D eigenvalue weighted by molar-refractivity contribution is -0.302. The Bertz CT molecular complexity index is 1370. The summed E-state index contributed by atoms with van der Waals surface area (Å²) in [6.45, 7) is 4.33. The normalized spacial score (nSPS) is 18.8. The van der Waals surface area contributed by atoms with Crippen molar-refractivity contribution in [1.82, 2.24) is 5.32 Å². The van der Waals surface area contributed by atoms with Crippen LogP contribution in [0.3, 0.4) is 0 Å². The maximum absolute atomic E-state index is 13.0. The van der Waals surface area contributed by atoms with Crippen LogP contribution in [0.15, 0.2) is 36.5 Å². The Labute approximate surface area is 473 Å². The topological polar surface area (TPSA) is 175 Å². The summed E-state index contributed by atoms with van der Waals surface area (Å²) in [7, 11) is 0. The van der Waals surface area contributed by atoms with Crippen LogP contribution in [0.1, 0.15) is 309 Å². The summed E-state index contributed by atoms with van der Waals surface area (Å²) >= 11 is 0. The zero-order valence-corrected chi connectivity index (χ0v) is 49.9. The van der Waals surface area contributed by atoms with Gasteiger partial charge in [-0.05, 0) is 70.6 Å². The molecule has 1 fully saturated rings. The summed E-state index contributed by atoms with van der Waals surface area (Å²) in [6, 6.07) is -0.828. The van der Waals surface area contributed by atoms with E-state index >= 15 is 0 Å². The number of hydrogen-bond donors (Lipinski definition) is 6. The van der Waals surface area contributed by atoms with Crippen LogP contribution < -0.4 is 5.32 Å². The van der Waals surface area contributed by atoms with E-state index in [2.05, 4.69) is 43.5 Å². The highest BCUT2D eigenvalue weighted by molar-refractivity contribution is 5.76. The van der Waals surface area contributed by atoms with Crippen molar-refractivity contribution in [3.63, 3.8) is 0 Å². The fourth-order valence-electron chi connectivity index (χ4n) is 10.3. The molecule has 0 radical (unpaired) electrons. The molecule has 1 saturated heterocycles. The molecule has 1 aliphatic heterocycles. The van der Waals surface area contributed by atoms with Gasteiger partial charge < -0.3 is 45.1 Å². The minimum absolute atomic E-state index is 0.00364. The lowest BCUT2D eigenvalue weighted by atomic mass is 9.99. The molecule has 0 bridgehead atoms. The number of esters is 1. The van der Waals surface area contributed by atoms with E-state index in [0.29, 0.717) is 19.4 Å². The van der Waals surface area contributed by atoms with Crippen LogP contribution in [0.5, 0.6) is 0 Å². The third-order valence-electron chi connectivity index (χ3n) is 15.5. The molecule has 0 aromatic heterocycles. The fraction of sp³-hybridized carbons (Fsp3) is 0.879. The molecule has 7 unspecified atom stereocenters. The van der Waals surface area contributed by atoms with Crippen molar-refractivity contribution in [1.29, 1.82) is 0 Å². The lowest BCUT2D eigenvalue weighted by Crippen LogP contribution is -2.60. The molecule has 1 rings (SSSR count). The Balaban J connectivity index is 2.02. The molecule has 77 heavy (non-hydrogen) atoms. The molecule has 1 heterocycles. The number of aliphatic hydroxyl groups is 5. The minimum atomic E-state index is -1.58. The van der Waals surface area contributed by atoms with Crippen LogP contribution in [0, 0.1) is 0 Å². The second kappa shape index (κ2) is 55.8. The highest BCUT2D eigenvalue weighted by Crippen LogP contribution is 2.23. The largest absolute Gasteiger partial charge is 0.466 e. The van der Waals surface area contributed by atoms with Crippen LogP contribution in [0.25, 0.3) is 0 Å². The average Bonchev–Trinajstić information content (AvgIpc) is 3.43. The quantitative estimate of drug-likeness (QED) is 0.0195. The first-order valence-corrected chi connectivity index (χ1v) is 32.8. The monoisotopic (exact) mass is 1090 g/mol. The first kappa shape index (κ1) is 72.9. The molecule has 0 saturated carbocycles. The Morgan fingerprint density at radius 3 is 1.29 bits per heavy atom. The SMILES string of the molecule is CCCCCCCC/C=C/CC/C=C/C(O)C(COC1OC(CO)C(O)C(O)C1O)NC(=O)CCCCCCCCCCCC/C=C\CCCCCCCCCCCCCCOC(=O)CCCCCCCCCCCCC. The van der Waals surface area contributed by atoms with Crippen molar-refractivity contribution in [2.75, 3.05) is 19.8 Å². The van der Waals surface area contributed by atoms with Crippen molar-refractivity contribution in [3.05, 3.63) is 36.5 Å². The minimum Gasteiger partial charge on any atom is -0.466 e. The number of amides is 1. The van der Waals surface area contributed by atoms with Gasteiger partial charge >= 0.3 is 5.97 Å². The fourth-order valence-corrected chi connectivity index (χ4v) is 10.3. The van der Waals surface area contributed by atoms with Crippen LogP contribution in [0.4, 0.5) is 0 Å². The second-order valence-electron chi connectivity index (χ2n) is 22.8. The van der Waals surface area contributed by atoms with Gasteiger partial charge in [0.25, 0.3) is 0 Å². The van der Waals surface area contributed by atoms with Gasteiger partial charge in [-0.25, -0.2) is 0 Å². The number of unbranched alkanes of at least 4 members (excludes halogenated alkanes) is 39. The Kier molecular flexibility index (Phi) is 52.8. The average molecular weight is 1090 g/mol. The van der Waals surface area contributed by atoms with Crippen LogP contribution in [0.2, 0.25) is 0 Å². The number of rotatable bonds is 57. The van der Waals surface area contributed by atoms with E-state index in [1.54, 1.807) is 6.08 Å². The van der Waals surface area contributed by atoms with Gasteiger partial charge in [0.2, 0.25) is 5.91 Å². The van der Waals surface area contributed by atoms with Gasteiger partial charge in [-0.3, -0.25) is 9.59 Å². The number of nitrogens with one attached hydrogen (secondary N) is 1. The van der Waals surface area contributed by atoms with Crippen LogP contribution >= 0.6 is 0 Å². The zero-order valence-electron chi connectivity index (χ0n) is 49.9. The maximum atomic E-state index is 13.0. The highest BCUT2D eigenvalue weighted by Gasteiger charge is 2.44. The van der Waals surface area contributed by atoms with Gasteiger partial charge in [0, 0.05) is 12.8 Å². The molecule has 0 aromatic rings. The summed E-state index contributed by atoms with van der Waals surface area (Å²) in [6.07, 6.45) is 59.8. The zero-order chi connectivity index (χ0) is 55.9. The first-order valence-electron chi connectivity index (χ1n) is 32.8. The van der Waals surface area contributed by atoms with E-state index in [0.717, 1.165) is 57.8 Å². The number of ether oxygens (including phenoxy) is 3. The van der Waals surface area contributed by atoms with E-state index in [1.165, 1.54) is 225 Å². The van der Waals surface area contributed by atoms with Gasteiger partial charge in [0.1, 0.15) is 24.4 Å². The molecule has 0 spiro atoms. The van der Waals surface area contributed by atoms with Gasteiger partial charge in [0.05, 0.1) is 32.0 Å². The van der Waals surface area contributed by atoms with Gasteiger partial charge in [-0.1, -0.05) is 262 Å². The Hall–Kier alpha value is -2.12. The van der Waals surface area contributed by atoms with Crippen LogP contribution in [-0.2, 0) is 23.8 Å². The lowest BCUT2D eigenvalue weighted by Gasteiger charge is -2.40. The molecule has 11 nitrogen and oxygen atoms in total. The van der Waals surface area contributed by atoms with E-state index in [4.69, 9.17) is 14.2 Å². The molecular formula is C66H123NO10. The van der Waals surface area contributed by atoms with E-state index in [1.807, 2.05) is 6.08 Å². The highest BCUT2D eigenvalue weighted by atomic mass is 16.7. The summed E-state index contributed by atoms with van der Waals surface area (Å²) in [5.41, 5.74) is 0. The number of aliphatic hydroxyl groups excluding tert-OH is 5. The molecule has 0 aliphatic carbocycles. The van der Waals surface area contributed by atoms with E-state index in [9.17, 15) is 35.1 Å². The standard InChI is InChI=1S/C66H123NO10/c1-3-5-7-9-11-13-15-33-36-40-44-48-52-59(69)58(57-76-66-65(74)64(73)63(72)60(56-68)77-66)67-61(70)53-49-45-41-37-34-30-28-26-24-22-20-18-16-17-19-21-23-25-27-29-31-35-39-43-47-51-55-75-62(71)54-50-46-42-38-32-14-12-10-8-6-4-2/h16,18,33,36,48,52,58-60,63-66,68-69,72-74H,3-15,17,19-32,34-35,37-47,49-51,53-57H2,1-2H3,(H,67,70)/b18-16-,36-33+,52-48+. The molecule has 7 atom stereocenters. The van der Waals surface area contributed by atoms with E-state index in [-0.39, 0.29) is 18.5 Å². The molecule has 0 aromatic carbocycles. The second-order valence-corrected chi connectivity index (χ2v) is 22.8.